The fourth-order valence-electron chi connectivity index (χ4n) is 2.30. The maximum Gasteiger partial charge on any atom is 0.123 e. The molecule has 0 radical (unpaired) electrons. The highest BCUT2D eigenvalue weighted by Crippen LogP contribution is 2.10. The van der Waals surface area contributed by atoms with Gasteiger partial charge in [0.25, 0.3) is 0 Å². The van der Waals surface area contributed by atoms with Crippen molar-refractivity contribution < 1.29 is 9.50 Å². The third kappa shape index (κ3) is 4.96. The molecule has 0 aromatic heterocycles. The van der Waals surface area contributed by atoms with Crippen molar-refractivity contribution in [2.75, 3.05) is 0 Å². The van der Waals surface area contributed by atoms with Gasteiger partial charge in [-0.05, 0) is 48.6 Å². The van der Waals surface area contributed by atoms with Gasteiger partial charge in [0.2, 0.25) is 0 Å². The van der Waals surface area contributed by atoms with Gasteiger partial charge in [0, 0.05) is 12.6 Å². The van der Waals surface area contributed by atoms with E-state index in [4.69, 9.17) is 0 Å². The topological polar surface area (TPSA) is 32.3 Å². The molecule has 0 saturated carbocycles. The Morgan fingerprint density at radius 3 is 2.38 bits per heavy atom. The summed E-state index contributed by atoms with van der Waals surface area (Å²) in [4.78, 5) is 0. The zero-order valence-corrected chi connectivity index (χ0v) is 12.3. The van der Waals surface area contributed by atoms with Crippen LogP contribution in [-0.4, -0.2) is 11.1 Å². The second-order valence-corrected chi connectivity index (χ2v) is 5.37. The first-order valence-corrected chi connectivity index (χ1v) is 7.34. The van der Waals surface area contributed by atoms with E-state index in [-0.39, 0.29) is 12.4 Å². The first-order valence-electron chi connectivity index (χ1n) is 7.34. The summed E-state index contributed by atoms with van der Waals surface area (Å²) in [6, 6.07) is 14.9. The van der Waals surface area contributed by atoms with E-state index in [9.17, 15) is 9.50 Å². The van der Waals surface area contributed by atoms with Crippen LogP contribution in [0.25, 0.3) is 0 Å². The van der Waals surface area contributed by atoms with Crippen molar-refractivity contribution in [1.82, 2.24) is 5.32 Å². The summed E-state index contributed by atoms with van der Waals surface area (Å²) in [5, 5.41) is 12.8. The molecule has 21 heavy (non-hydrogen) atoms. The molecular weight excluding hydrogens is 265 g/mol. The number of hydrogen-bond donors (Lipinski definition) is 2. The van der Waals surface area contributed by atoms with E-state index in [2.05, 4.69) is 12.2 Å². The molecule has 0 saturated heterocycles. The van der Waals surface area contributed by atoms with Crippen LogP contribution >= 0.6 is 0 Å². The third-order valence-corrected chi connectivity index (χ3v) is 3.71. The van der Waals surface area contributed by atoms with Crippen molar-refractivity contribution in [2.45, 2.75) is 39.0 Å². The number of nitrogens with one attached hydrogen (secondary N) is 1. The quantitative estimate of drug-likeness (QED) is 0.817. The number of aliphatic hydroxyl groups excluding tert-OH is 1. The van der Waals surface area contributed by atoms with Gasteiger partial charge >= 0.3 is 0 Å². The fourth-order valence-corrected chi connectivity index (χ4v) is 2.30. The molecule has 0 fully saturated rings. The van der Waals surface area contributed by atoms with E-state index in [1.54, 1.807) is 0 Å². The average molecular weight is 287 g/mol. The number of aliphatic hydroxyl groups is 1. The lowest BCUT2D eigenvalue weighted by molar-refractivity contribution is 0.280. The zero-order valence-electron chi connectivity index (χ0n) is 12.3. The van der Waals surface area contributed by atoms with Crippen LogP contribution in [0.15, 0.2) is 48.5 Å². The van der Waals surface area contributed by atoms with Crippen LogP contribution in [0.1, 0.15) is 30.0 Å². The van der Waals surface area contributed by atoms with Gasteiger partial charge in [-0.1, -0.05) is 36.4 Å². The highest BCUT2D eigenvalue weighted by molar-refractivity contribution is 5.26. The minimum atomic E-state index is -0.189. The Kier molecular flexibility index (Phi) is 5.90. The van der Waals surface area contributed by atoms with Crippen LogP contribution in [0.2, 0.25) is 0 Å². The number of hydrogen-bond acceptors (Lipinski definition) is 2. The lowest BCUT2D eigenvalue weighted by Gasteiger charge is -2.15. The van der Waals surface area contributed by atoms with Gasteiger partial charge in [0.15, 0.2) is 0 Å². The third-order valence-electron chi connectivity index (χ3n) is 3.71. The molecule has 0 aliphatic carbocycles. The summed E-state index contributed by atoms with van der Waals surface area (Å²) < 4.78 is 12.8. The number of rotatable bonds is 7. The Morgan fingerprint density at radius 2 is 1.71 bits per heavy atom. The Morgan fingerprint density at radius 1 is 1.05 bits per heavy atom. The van der Waals surface area contributed by atoms with Crippen LogP contribution in [0.3, 0.4) is 0 Å². The maximum absolute atomic E-state index is 12.8. The highest BCUT2D eigenvalue weighted by atomic mass is 19.1. The molecule has 112 valence electrons. The number of benzene rings is 2. The summed E-state index contributed by atoms with van der Waals surface area (Å²) in [5.41, 5.74) is 3.25. The van der Waals surface area contributed by atoms with Gasteiger partial charge < -0.3 is 10.4 Å². The normalized spacial score (nSPS) is 12.3. The fraction of sp³-hybridized carbons (Fsp3) is 0.333. The molecule has 2 aromatic rings. The predicted molar refractivity (Wildman–Crippen MR) is 83.4 cm³/mol. The van der Waals surface area contributed by atoms with E-state index in [0.29, 0.717) is 6.04 Å². The van der Waals surface area contributed by atoms with E-state index in [1.165, 1.54) is 12.1 Å². The van der Waals surface area contributed by atoms with Crippen molar-refractivity contribution in [3.8, 4) is 0 Å². The molecule has 1 atom stereocenters. The molecule has 2 N–H and O–H groups in total. The smallest absolute Gasteiger partial charge is 0.123 e. The number of halogens is 1. The first kappa shape index (κ1) is 15.7. The van der Waals surface area contributed by atoms with Crippen LogP contribution in [0, 0.1) is 5.82 Å². The van der Waals surface area contributed by atoms with Crippen molar-refractivity contribution in [2.24, 2.45) is 0 Å². The van der Waals surface area contributed by atoms with E-state index in [0.717, 1.165) is 36.1 Å². The average Bonchev–Trinajstić information content (AvgIpc) is 2.52. The molecule has 2 aromatic carbocycles. The summed E-state index contributed by atoms with van der Waals surface area (Å²) in [7, 11) is 0. The lowest BCUT2D eigenvalue weighted by atomic mass is 10.0. The molecule has 1 unspecified atom stereocenters. The molecule has 0 aliphatic heterocycles. The van der Waals surface area contributed by atoms with E-state index in [1.807, 2.05) is 36.4 Å². The molecule has 3 heteroatoms. The van der Waals surface area contributed by atoms with Gasteiger partial charge in [-0.15, -0.1) is 0 Å². The summed E-state index contributed by atoms with van der Waals surface area (Å²) in [6.07, 6.45) is 1.92. The summed E-state index contributed by atoms with van der Waals surface area (Å²) in [6.45, 7) is 2.97. The van der Waals surface area contributed by atoms with Crippen molar-refractivity contribution in [1.29, 1.82) is 0 Å². The zero-order chi connectivity index (χ0) is 15.1. The van der Waals surface area contributed by atoms with Crippen molar-refractivity contribution >= 4 is 0 Å². The molecule has 0 amide bonds. The number of aryl methyl sites for hydroxylation is 1. The second kappa shape index (κ2) is 7.91. The predicted octanol–water partition coefficient (Wildman–Crippen LogP) is 3.43. The van der Waals surface area contributed by atoms with Crippen LogP contribution in [0.5, 0.6) is 0 Å². The van der Waals surface area contributed by atoms with Crippen LogP contribution < -0.4 is 5.32 Å². The molecule has 2 nitrogen and oxygen atoms in total. The van der Waals surface area contributed by atoms with Gasteiger partial charge in [-0.3, -0.25) is 0 Å². The summed E-state index contributed by atoms with van der Waals surface area (Å²) >= 11 is 0. The Balaban J connectivity index is 1.79. The Hall–Kier alpha value is -1.71. The van der Waals surface area contributed by atoms with Gasteiger partial charge in [0.05, 0.1) is 6.61 Å². The minimum absolute atomic E-state index is 0.0712. The second-order valence-electron chi connectivity index (χ2n) is 5.37. The first-order chi connectivity index (χ1) is 10.2. The van der Waals surface area contributed by atoms with Gasteiger partial charge in [-0.2, -0.15) is 0 Å². The SMILES string of the molecule is CC(CCc1ccc(F)cc1)NCc1ccccc1CO. The monoisotopic (exact) mass is 287 g/mol. The Bertz CT molecular complexity index is 553. The van der Waals surface area contributed by atoms with E-state index >= 15 is 0 Å². The Labute approximate surface area is 125 Å². The molecular formula is C18H22FNO. The standard InChI is InChI=1S/C18H22FNO/c1-14(6-7-15-8-10-18(19)11-9-15)20-12-16-4-2-3-5-17(16)13-21/h2-5,8-11,14,20-21H,6-7,12-13H2,1H3. The molecule has 0 aliphatic rings. The highest BCUT2D eigenvalue weighted by Gasteiger charge is 2.05. The van der Waals surface area contributed by atoms with Gasteiger partial charge in [0.1, 0.15) is 5.82 Å². The maximum atomic E-state index is 12.8. The lowest BCUT2D eigenvalue weighted by Crippen LogP contribution is -2.26. The molecule has 0 bridgehead atoms. The van der Waals surface area contributed by atoms with Crippen molar-refractivity contribution in [3.63, 3.8) is 0 Å². The molecule has 0 heterocycles. The largest absolute Gasteiger partial charge is 0.392 e. The van der Waals surface area contributed by atoms with Crippen LogP contribution in [0.4, 0.5) is 4.39 Å². The van der Waals surface area contributed by atoms with Crippen molar-refractivity contribution in [3.05, 3.63) is 71.0 Å². The molecule has 0 spiro atoms. The minimum Gasteiger partial charge on any atom is -0.392 e. The van der Waals surface area contributed by atoms with Gasteiger partial charge in [-0.25, -0.2) is 4.39 Å². The molecule has 2 rings (SSSR count). The van der Waals surface area contributed by atoms with E-state index < -0.39 is 0 Å². The van der Waals surface area contributed by atoms with Crippen LogP contribution in [-0.2, 0) is 19.6 Å². The summed E-state index contributed by atoms with van der Waals surface area (Å²) in [5.74, 6) is -0.189.